The Balaban J connectivity index is 2.43. The maximum atomic E-state index is 11.6. The van der Waals surface area contributed by atoms with Crippen LogP contribution in [0, 0.1) is 10.5 Å². The molecule has 0 saturated carbocycles. The lowest BCUT2D eigenvalue weighted by Gasteiger charge is -2.14. The Morgan fingerprint density at radius 1 is 1.45 bits per heavy atom. The second kappa shape index (κ2) is 6.17. The summed E-state index contributed by atoms with van der Waals surface area (Å²) in [5.41, 5.74) is 1.97. The highest BCUT2D eigenvalue weighted by Crippen LogP contribution is 2.23. The number of aromatic amines is 1. The van der Waals surface area contributed by atoms with Crippen molar-refractivity contribution in [2.24, 2.45) is 0 Å². The monoisotopic (exact) mass is 384 g/mol. The van der Waals surface area contributed by atoms with E-state index >= 15 is 0 Å². The van der Waals surface area contributed by atoms with Crippen LogP contribution in [-0.2, 0) is 11.2 Å². The summed E-state index contributed by atoms with van der Waals surface area (Å²) < 4.78 is 0.325. The van der Waals surface area contributed by atoms with Gasteiger partial charge in [-0.15, -0.1) is 0 Å². The average molecular weight is 384 g/mol. The molecule has 0 aliphatic heterocycles. The Kier molecular flexibility index (Phi) is 4.53. The molecule has 1 unspecified atom stereocenters. The van der Waals surface area contributed by atoms with Gasteiger partial charge in [0, 0.05) is 0 Å². The Morgan fingerprint density at radius 2 is 2.15 bits per heavy atom. The van der Waals surface area contributed by atoms with E-state index in [4.69, 9.17) is 0 Å². The third-order valence-electron chi connectivity index (χ3n) is 3.14. The lowest BCUT2D eigenvalue weighted by atomic mass is 9.93. The van der Waals surface area contributed by atoms with Crippen molar-refractivity contribution in [3.05, 3.63) is 61.3 Å². The first-order chi connectivity index (χ1) is 9.50. The number of nitrogens with zero attached hydrogens (tertiary/aromatic N) is 1. The van der Waals surface area contributed by atoms with Gasteiger partial charge in [0.1, 0.15) is 9.49 Å². The summed E-state index contributed by atoms with van der Waals surface area (Å²) in [7, 11) is 0. The van der Waals surface area contributed by atoms with Crippen molar-refractivity contribution in [2.45, 2.75) is 19.3 Å². The molecular formula is C14H13IN2O3. The second-order valence-corrected chi connectivity index (χ2v) is 5.53. The van der Waals surface area contributed by atoms with Gasteiger partial charge in [-0.3, -0.25) is 9.59 Å². The van der Waals surface area contributed by atoms with Gasteiger partial charge in [-0.2, -0.15) is 0 Å². The number of halogens is 1. The summed E-state index contributed by atoms with van der Waals surface area (Å²) in [6, 6.07) is 7.61. The minimum atomic E-state index is -0.982. The summed E-state index contributed by atoms with van der Waals surface area (Å²) in [5.74, 6) is -1.81. The number of benzene rings is 1. The van der Waals surface area contributed by atoms with Crippen LogP contribution in [0.5, 0.6) is 0 Å². The Morgan fingerprint density at radius 3 is 2.80 bits per heavy atom. The molecule has 0 bridgehead atoms. The number of aliphatic carboxylic acids is 1. The van der Waals surface area contributed by atoms with Crippen molar-refractivity contribution in [1.82, 2.24) is 9.97 Å². The Labute approximate surface area is 129 Å². The zero-order chi connectivity index (χ0) is 14.7. The molecule has 0 aliphatic rings. The van der Waals surface area contributed by atoms with Crippen LogP contribution in [0.4, 0.5) is 0 Å². The number of aryl methyl sites for hydroxylation is 1. The van der Waals surface area contributed by atoms with E-state index in [2.05, 4.69) is 9.97 Å². The van der Waals surface area contributed by atoms with Gasteiger partial charge in [-0.1, -0.05) is 24.3 Å². The van der Waals surface area contributed by atoms with Crippen LogP contribution in [0.1, 0.15) is 22.7 Å². The summed E-state index contributed by atoms with van der Waals surface area (Å²) in [6.45, 7) is 1.93. The normalized spacial score (nSPS) is 12.1. The van der Waals surface area contributed by atoms with Gasteiger partial charge in [0.05, 0.1) is 12.0 Å². The number of carbonyl (C=O) groups is 1. The molecule has 5 nitrogen and oxygen atoms in total. The van der Waals surface area contributed by atoms with Crippen molar-refractivity contribution < 1.29 is 9.90 Å². The maximum Gasteiger partial charge on any atom is 0.312 e. The lowest BCUT2D eigenvalue weighted by molar-refractivity contribution is -0.138. The van der Waals surface area contributed by atoms with Crippen molar-refractivity contribution in [2.75, 3.05) is 0 Å². The molecule has 0 fully saturated rings. The van der Waals surface area contributed by atoms with Crippen LogP contribution in [0.15, 0.2) is 35.4 Å². The number of hydrogen-bond donors (Lipinski definition) is 2. The highest BCUT2D eigenvalue weighted by molar-refractivity contribution is 14.1. The molecule has 20 heavy (non-hydrogen) atoms. The van der Waals surface area contributed by atoms with Crippen molar-refractivity contribution in [3.63, 3.8) is 0 Å². The molecular weight excluding hydrogens is 371 g/mol. The summed E-state index contributed by atoms with van der Waals surface area (Å²) in [4.78, 5) is 29.6. The van der Waals surface area contributed by atoms with E-state index in [1.54, 1.807) is 0 Å². The number of carboxylic acid groups (broad SMARTS) is 1. The Bertz CT molecular complexity index is 697. The van der Waals surface area contributed by atoms with Gasteiger partial charge in [0.25, 0.3) is 5.56 Å². The molecule has 0 amide bonds. The minimum absolute atomic E-state index is 0.310. The number of hydrogen-bond acceptors (Lipinski definition) is 3. The summed E-state index contributed by atoms with van der Waals surface area (Å²) >= 11 is 1.84. The summed E-state index contributed by atoms with van der Waals surface area (Å²) in [6.07, 6.45) is 1.56. The third kappa shape index (κ3) is 3.06. The van der Waals surface area contributed by atoms with Gasteiger partial charge in [-0.05, 0) is 47.1 Å². The zero-order valence-electron chi connectivity index (χ0n) is 10.8. The number of nitrogens with one attached hydrogen (secondary N) is 1. The highest BCUT2D eigenvalue weighted by Gasteiger charge is 2.25. The maximum absolute atomic E-state index is 11.6. The first kappa shape index (κ1) is 14.7. The number of rotatable bonds is 4. The van der Waals surface area contributed by atoms with Gasteiger partial charge in [0.15, 0.2) is 0 Å². The van der Waals surface area contributed by atoms with Crippen LogP contribution < -0.4 is 5.56 Å². The Hall–Kier alpha value is -1.70. The number of H-pyrrole nitrogens is 1. The minimum Gasteiger partial charge on any atom is -0.481 e. The lowest BCUT2D eigenvalue weighted by Crippen LogP contribution is -2.22. The number of aromatic nitrogens is 2. The predicted molar refractivity (Wildman–Crippen MR) is 82.8 cm³/mol. The average Bonchev–Trinajstić information content (AvgIpc) is 2.41. The molecule has 1 aromatic heterocycles. The van der Waals surface area contributed by atoms with Crippen molar-refractivity contribution in [1.29, 1.82) is 0 Å². The molecule has 1 aromatic carbocycles. The molecule has 1 heterocycles. The molecule has 6 heteroatoms. The zero-order valence-corrected chi connectivity index (χ0v) is 12.9. The topological polar surface area (TPSA) is 83.0 Å². The number of carboxylic acids is 1. The fourth-order valence-corrected chi connectivity index (χ4v) is 2.67. The van der Waals surface area contributed by atoms with E-state index in [1.807, 2.05) is 53.8 Å². The summed E-state index contributed by atoms with van der Waals surface area (Å²) in [5, 5.41) is 9.44. The predicted octanol–water partition coefficient (Wildman–Crippen LogP) is 2.09. The first-order valence-electron chi connectivity index (χ1n) is 6.01. The van der Waals surface area contributed by atoms with Crippen LogP contribution in [0.25, 0.3) is 0 Å². The fourth-order valence-electron chi connectivity index (χ4n) is 2.00. The first-order valence-corrected chi connectivity index (χ1v) is 7.09. The van der Waals surface area contributed by atoms with E-state index in [-0.39, 0.29) is 5.56 Å². The van der Waals surface area contributed by atoms with Crippen LogP contribution in [0.3, 0.4) is 0 Å². The molecule has 0 spiro atoms. The van der Waals surface area contributed by atoms with Gasteiger partial charge >= 0.3 is 5.97 Å². The molecule has 2 rings (SSSR count). The molecule has 0 aliphatic carbocycles. The smallest absolute Gasteiger partial charge is 0.312 e. The molecule has 0 radical (unpaired) electrons. The highest BCUT2D eigenvalue weighted by atomic mass is 127. The van der Waals surface area contributed by atoms with E-state index < -0.39 is 11.9 Å². The van der Waals surface area contributed by atoms with E-state index in [0.29, 0.717) is 15.7 Å². The SMILES string of the molecule is Cc1ccccc1CC(C(=O)O)c1nc[nH]c(=O)c1I. The quantitative estimate of drug-likeness (QED) is 0.791. The third-order valence-corrected chi connectivity index (χ3v) is 4.18. The van der Waals surface area contributed by atoms with Crippen LogP contribution in [-0.4, -0.2) is 21.0 Å². The van der Waals surface area contributed by atoms with Gasteiger partial charge in [-0.25, -0.2) is 4.98 Å². The van der Waals surface area contributed by atoms with E-state index in [1.165, 1.54) is 6.33 Å². The second-order valence-electron chi connectivity index (χ2n) is 4.45. The molecule has 0 saturated heterocycles. The van der Waals surface area contributed by atoms with E-state index in [0.717, 1.165) is 11.1 Å². The van der Waals surface area contributed by atoms with Crippen LogP contribution >= 0.6 is 22.6 Å². The molecule has 1 atom stereocenters. The molecule has 104 valence electrons. The standard InChI is InChI=1S/C14H13IN2O3/c1-8-4-2-3-5-9(8)6-10(14(19)20)12-11(15)13(18)17-7-16-12/h2-5,7,10H,6H2,1H3,(H,19,20)(H,16,17,18). The van der Waals surface area contributed by atoms with Crippen molar-refractivity contribution in [3.8, 4) is 0 Å². The van der Waals surface area contributed by atoms with Crippen molar-refractivity contribution >= 4 is 28.6 Å². The van der Waals surface area contributed by atoms with E-state index in [9.17, 15) is 14.7 Å². The van der Waals surface area contributed by atoms with Gasteiger partial charge < -0.3 is 10.1 Å². The molecule has 2 N–H and O–H groups in total. The van der Waals surface area contributed by atoms with Gasteiger partial charge in [0.2, 0.25) is 0 Å². The van der Waals surface area contributed by atoms with Crippen LogP contribution in [0.2, 0.25) is 0 Å². The molecule has 2 aromatic rings. The largest absolute Gasteiger partial charge is 0.481 e. The fraction of sp³-hybridized carbons (Fsp3) is 0.214.